The molecule has 138 valence electrons. The smallest absolute Gasteiger partial charge is 0.444 e. The van der Waals surface area contributed by atoms with Crippen LogP contribution in [0.3, 0.4) is 0 Å². The van der Waals surface area contributed by atoms with Crippen LogP contribution in [0.2, 0.25) is 10.0 Å². The molecule has 0 aliphatic rings. The molecular formula is C12H14Cl2F3NO5S. The normalized spacial score (nSPS) is 12.0. The predicted molar refractivity (Wildman–Crippen MR) is 83.9 cm³/mol. The third-order valence-corrected chi connectivity index (χ3v) is 2.82. The molecule has 0 aliphatic heterocycles. The van der Waals surface area contributed by atoms with E-state index in [4.69, 9.17) is 40.9 Å². The Bertz CT molecular complexity index is 667. The average molecular weight is 412 g/mol. The maximum Gasteiger partial charge on any atom is 0.522 e. The second kappa shape index (κ2) is 8.24. The van der Waals surface area contributed by atoms with Crippen molar-refractivity contribution in [3.8, 4) is 0 Å². The Kier molecular flexibility index (Phi) is 7.81. The number of carbonyl (C=O) groups is 1. The number of amides is 1. The quantitative estimate of drug-likeness (QED) is 0.514. The molecule has 12 heteroatoms. The summed E-state index contributed by atoms with van der Waals surface area (Å²) in [6.07, 6.45) is -0.536. The number of carbonyl (C=O) groups excluding carboxylic acids is 1. The number of hydrogen-bond acceptors (Lipinski definition) is 4. The van der Waals surface area contributed by atoms with E-state index in [-0.39, 0.29) is 0 Å². The van der Waals surface area contributed by atoms with Crippen molar-refractivity contribution in [1.29, 1.82) is 0 Å². The van der Waals surface area contributed by atoms with E-state index in [1.165, 1.54) is 0 Å². The van der Waals surface area contributed by atoms with Gasteiger partial charge in [-0.25, -0.2) is 4.79 Å². The van der Waals surface area contributed by atoms with Crippen LogP contribution in [0.5, 0.6) is 0 Å². The molecule has 0 bridgehead atoms. The lowest BCUT2D eigenvalue weighted by atomic mass is 10.2. The van der Waals surface area contributed by atoms with Crippen LogP contribution in [0.1, 0.15) is 20.8 Å². The van der Waals surface area contributed by atoms with E-state index >= 15 is 0 Å². The molecule has 0 atom stereocenters. The summed E-state index contributed by atoms with van der Waals surface area (Å²) in [5.74, 6) is 0. The zero-order chi connectivity index (χ0) is 19.3. The van der Waals surface area contributed by atoms with Crippen molar-refractivity contribution in [2.75, 3.05) is 5.32 Å². The largest absolute Gasteiger partial charge is 0.522 e. The van der Waals surface area contributed by atoms with Crippen LogP contribution in [0.4, 0.5) is 23.7 Å². The van der Waals surface area contributed by atoms with Gasteiger partial charge in [-0.1, -0.05) is 23.2 Å². The third-order valence-electron chi connectivity index (χ3n) is 1.80. The number of ether oxygens (including phenoxy) is 1. The number of rotatable bonds is 1. The van der Waals surface area contributed by atoms with Crippen LogP contribution in [0.25, 0.3) is 0 Å². The van der Waals surface area contributed by atoms with Gasteiger partial charge in [-0.15, -0.1) is 0 Å². The van der Waals surface area contributed by atoms with Crippen LogP contribution in [-0.4, -0.2) is 30.2 Å². The summed E-state index contributed by atoms with van der Waals surface area (Å²) in [7, 11) is -5.84. The molecule has 1 aromatic carbocycles. The number of alkyl halides is 3. The van der Waals surface area contributed by atoms with Crippen LogP contribution >= 0.6 is 23.2 Å². The first-order valence-corrected chi connectivity index (χ1v) is 8.21. The average Bonchev–Trinajstić information content (AvgIpc) is 2.21. The highest BCUT2D eigenvalue weighted by Gasteiger charge is 2.44. The first-order valence-electron chi connectivity index (χ1n) is 6.01. The van der Waals surface area contributed by atoms with E-state index in [9.17, 15) is 18.0 Å². The van der Waals surface area contributed by atoms with Gasteiger partial charge in [0.1, 0.15) is 5.60 Å². The lowest BCUT2D eigenvalue weighted by Gasteiger charge is -2.19. The zero-order valence-electron chi connectivity index (χ0n) is 12.6. The van der Waals surface area contributed by atoms with E-state index < -0.39 is 27.3 Å². The zero-order valence-corrected chi connectivity index (χ0v) is 14.9. The lowest BCUT2D eigenvalue weighted by Crippen LogP contribution is -2.27. The highest BCUT2D eigenvalue weighted by atomic mass is 35.5. The van der Waals surface area contributed by atoms with Gasteiger partial charge in [-0.2, -0.15) is 21.6 Å². The Morgan fingerprint density at radius 3 is 1.79 bits per heavy atom. The fourth-order valence-electron chi connectivity index (χ4n) is 1.05. The van der Waals surface area contributed by atoms with Crippen molar-refractivity contribution in [3.05, 3.63) is 28.2 Å². The molecule has 0 fully saturated rings. The summed E-state index contributed by atoms with van der Waals surface area (Å²) in [5.41, 5.74) is -5.56. The monoisotopic (exact) mass is 411 g/mol. The van der Waals surface area contributed by atoms with E-state index in [0.717, 1.165) is 0 Å². The van der Waals surface area contributed by atoms with Crippen LogP contribution in [0.15, 0.2) is 18.2 Å². The van der Waals surface area contributed by atoms with E-state index in [1.54, 1.807) is 39.0 Å². The minimum Gasteiger partial charge on any atom is -0.444 e. The molecule has 0 spiro atoms. The topological polar surface area (TPSA) is 92.7 Å². The van der Waals surface area contributed by atoms with Crippen LogP contribution < -0.4 is 5.32 Å². The summed E-state index contributed by atoms with van der Waals surface area (Å²) in [6.45, 7) is 5.37. The molecule has 1 rings (SSSR count). The molecular weight excluding hydrogens is 398 g/mol. The first-order chi connectivity index (χ1) is 10.5. The molecule has 0 unspecified atom stereocenters. The molecule has 24 heavy (non-hydrogen) atoms. The minimum absolute atomic E-state index is 0.457. The number of hydrogen-bond donors (Lipinski definition) is 2. The van der Waals surface area contributed by atoms with E-state index in [2.05, 4.69) is 5.32 Å². The summed E-state index contributed by atoms with van der Waals surface area (Å²) < 4.78 is 62.6. The van der Waals surface area contributed by atoms with E-state index in [0.29, 0.717) is 15.7 Å². The molecule has 0 aromatic heterocycles. The number of nitrogens with one attached hydrogen (secondary N) is 1. The van der Waals surface area contributed by atoms with Crippen molar-refractivity contribution in [2.24, 2.45) is 0 Å². The number of halogens is 5. The molecule has 0 saturated heterocycles. The highest BCUT2D eigenvalue weighted by molar-refractivity contribution is 7.86. The predicted octanol–water partition coefficient (Wildman–Crippen LogP) is 4.73. The second-order valence-electron chi connectivity index (χ2n) is 5.21. The molecule has 0 heterocycles. The van der Waals surface area contributed by atoms with Crippen LogP contribution in [-0.2, 0) is 14.9 Å². The van der Waals surface area contributed by atoms with Gasteiger partial charge >= 0.3 is 21.7 Å². The van der Waals surface area contributed by atoms with E-state index in [1.807, 2.05) is 0 Å². The molecule has 6 nitrogen and oxygen atoms in total. The van der Waals surface area contributed by atoms with Crippen molar-refractivity contribution >= 4 is 45.1 Å². The maximum atomic E-state index is 11.4. The molecule has 0 saturated carbocycles. The Labute approximate surface area is 146 Å². The van der Waals surface area contributed by atoms with Gasteiger partial charge in [0.25, 0.3) is 0 Å². The summed E-state index contributed by atoms with van der Waals surface area (Å²) in [5, 5.41) is 3.46. The number of anilines is 1. The summed E-state index contributed by atoms with van der Waals surface area (Å²) in [6, 6.07) is 4.78. The third kappa shape index (κ3) is 9.81. The van der Waals surface area contributed by atoms with Crippen molar-refractivity contribution < 1.29 is 35.7 Å². The maximum absolute atomic E-state index is 11.4. The van der Waals surface area contributed by atoms with Gasteiger partial charge in [0.05, 0.1) is 0 Å². The number of benzene rings is 1. The standard InChI is InChI=1S/C11H13Cl2NO2.CHF3O3S/c1-11(2,3)16-10(15)14-9-5-7(12)4-8(13)6-9;2-1(3,4)8(5,6)7/h4-6H,1-3H3,(H,14,15);(H,5,6,7). The van der Waals surface area contributed by atoms with Gasteiger partial charge in [-0.3, -0.25) is 9.87 Å². The Morgan fingerprint density at radius 1 is 1.12 bits per heavy atom. The van der Waals surface area contributed by atoms with Crippen molar-refractivity contribution in [3.63, 3.8) is 0 Å². The molecule has 1 amide bonds. The molecule has 1 aromatic rings. The summed E-state index contributed by atoms with van der Waals surface area (Å²) in [4.78, 5) is 11.4. The Balaban J connectivity index is 0.000000561. The van der Waals surface area contributed by atoms with Gasteiger partial charge in [0, 0.05) is 15.7 Å². The van der Waals surface area contributed by atoms with Crippen molar-refractivity contribution in [2.45, 2.75) is 31.9 Å². The minimum atomic E-state index is -5.84. The SMILES string of the molecule is CC(C)(C)OC(=O)Nc1cc(Cl)cc(Cl)c1.O=S(=O)(O)C(F)(F)F. The highest BCUT2D eigenvalue weighted by Crippen LogP contribution is 2.23. The lowest BCUT2D eigenvalue weighted by molar-refractivity contribution is -0.0510. The van der Waals surface area contributed by atoms with Gasteiger partial charge in [-0.05, 0) is 39.0 Å². The van der Waals surface area contributed by atoms with Crippen LogP contribution in [0, 0.1) is 0 Å². The molecule has 0 aliphatic carbocycles. The Hall–Kier alpha value is -1.23. The van der Waals surface area contributed by atoms with Gasteiger partial charge < -0.3 is 4.74 Å². The molecule has 0 radical (unpaired) electrons. The van der Waals surface area contributed by atoms with Crippen molar-refractivity contribution in [1.82, 2.24) is 0 Å². The molecule has 2 N–H and O–H groups in total. The first kappa shape index (κ1) is 22.8. The summed E-state index contributed by atoms with van der Waals surface area (Å²) >= 11 is 11.6. The fraction of sp³-hybridized carbons (Fsp3) is 0.417. The fourth-order valence-corrected chi connectivity index (χ4v) is 1.57. The second-order valence-corrected chi connectivity index (χ2v) is 7.49. The Morgan fingerprint density at radius 2 is 1.50 bits per heavy atom. The van der Waals surface area contributed by atoms with Gasteiger partial charge in [0.15, 0.2) is 0 Å². The van der Waals surface area contributed by atoms with Gasteiger partial charge in [0.2, 0.25) is 0 Å².